The predicted octanol–water partition coefficient (Wildman–Crippen LogP) is 3.59. The summed E-state index contributed by atoms with van der Waals surface area (Å²) in [6.07, 6.45) is 3.60. The molecule has 2 heterocycles. The largest absolute Gasteiger partial charge is 0.497 e. The summed E-state index contributed by atoms with van der Waals surface area (Å²) in [5.74, 6) is 0.976. The van der Waals surface area contributed by atoms with Crippen molar-refractivity contribution in [2.75, 3.05) is 20.2 Å². The van der Waals surface area contributed by atoms with Gasteiger partial charge < -0.3 is 4.74 Å². The Labute approximate surface area is 126 Å². The zero-order valence-corrected chi connectivity index (χ0v) is 12.5. The van der Waals surface area contributed by atoms with Crippen LogP contribution in [0, 0.1) is 0 Å². The molecule has 2 heteroatoms. The molecule has 2 aromatic rings. The maximum Gasteiger partial charge on any atom is 0.119 e. The van der Waals surface area contributed by atoms with Crippen LogP contribution in [-0.4, -0.2) is 25.1 Å². The number of ether oxygens (including phenoxy) is 1. The molecular formula is C19H21NO. The number of fused-ring (bicyclic) bond motifs is 5. The van der Waals surface area contributed by atoms with E-state index in [9.17, 15) is 0 Å². The van der Waals surface area contributed by atoms with E-state index in [0.717, 1.165) is 18.7 Å². The molecule has 0 saturated carbocycles. The third-order valence-electron chi connectivity index (χ3n) is 4.92. The van der Waals surface area contributed by atoms with E-state index < -0.39 is 0 Å². The van der Waals surface area contributed by atoms with Gasteiger partial charge in [0.2, 0.25) is 0 Å². The zero-order valence-electron chi connectivity index (χ0n) is 12.5. The Kier molecular flexibility index (Phi) is 3.19. The van der Waals surface area contributed by atoms with Gasteiger partial charge in [0.15, 0.2) is 0 Å². The van der Waals surface area contributed by atoms with Gasteiger partial charge in [0.1, 0.15) is 5.75 Å². The third kappa shape index (κ3) is 2.14. The summed E-state index contributed by atoms with van der Waals surface area (Å²) in [5, 5.41) is 0. The van der Waals surface area contributed by atoms with Gasteiger partial charge in [0.25, 0.3) is 0 Å². The van der Waals surface area contributed by atoms with E-state index in [2.05, 4.69) is 47.4 Å². The van der Waals surface area contributed by atoms with Gasteiger partial charge in [-0.2, -0.15) is 0 Å². The molecule has 0 bridgehead atoms. The van der Waals surface area contributed by atoms with E-state index in [1.165, 1.54) is 41.6 Å². The Bertz CT molecular complexity index is 664. The van der Waals surface area contributed by atoms with E-state index in [1.54, 1.807) is 7.11 Å². The molecule has 1 atom stereocenters. The van der Waals surface area contributed by atoms with Gasteiger partial charge in [-0.25, -0.2) is 0 Å². The van der Waals surface area contributed by atoms with Gasteiger partial charge in [-0.1, -0.05) is 30.3 Å². The highest BCUT2D eigenvalue weighted by atomic mass is 16.5. The first-order valence-electron chi connectivity index (χ1n) is 7.85. The molecule has 0 fully saturated rings. The lowest BCUT2D eigenvalue weighted by Crippen LogP contribution is -2.36. The Morgan fingerprint density at radius 3 is 2.71 bits per heavy atom. The monoisotopic (exact) mass is 279 g/mol. The first-order valence-corrected chi connectivity index (χ1v) is 7.85. The molecule has 0 amide bonds. The summed E-state index contributed by atoms with van der Waals surface area (Å²) in [7, 11) is 1.75. The average Bonchev–Trinajstić information content (AvgIpc) is 2.73. The maximum absolute atomic E-state index is 5.40. The number of hydrogen-bond donors (Lipinski definition) is 0. The van der Waals surface area contributed by atoms with Crippen molar-refractivity contribution in [1.82, 2.24) is 4.90 Å². The van der Waals surface area contributed by atoms with Crippen molar-refractivity contribution in [3.05, 3.63) is 64.7 Å². The molecule has 2 nitrogen and oxygen atoms in total. The summed E-state index contributed by atoms with van der Waals surface area (Å²) < 4.78 is 5.40. The molecule has 0 spiro atoms. The maximum atomic E-state index is 5.40. The summed E-state index contributed by atoms with van der Waals surface area (Å²) in [6.45, 7) is 2.35. The lowest BCUT2D eigenvalue weighted by molar-refractivity contribution is 0.217. The van der Waals surface area contributed by atoms with Gasteiger partial charge >= 0.3 is 0 Å². The van der Waals surface area contributed by atoms with Crippen molar-refractivity contribution in [3.8, 4) is 5.75 Å². The molecule has 21 heavy (non-hydrogen) atoms. The van der Waals surface area contributed by atoms with Crippen molar-refractivity contribution in [3.63, 3.8) is 0 Å². The van der Waals surface area contributed by atoms with Gasteiger partial charge in [0, 0.05) is 6.54 Å². The third-order valence-corrected chi connectivity index (χ3v) is 4.92. The fraction of sp³-hybridized carbons (Fsp3) is 0.368. The second kappa shape index (κ2) is 5.19. The number of rotatable bonds is 1. The number of hydrogen-bond acceptors (Lipinski definition) is 2. The van der Waals surface area contributed by atoms with Crippen molar-refractivity contribution < 1.29 is 4.74 Å². The Hall–Kier alpha value is -1.80. The van der Waals surface area contributed by atoms with Crippen molar-refractivity contribution in [1.29, 1.82) is 0 Å². The predicted molar refractivity (Wildman–Crippen MR) is 84.9 cm³/mol. The first kappa shape index (κ1) is 12.9. The van der Waals surface area contributed by atoms with Crippen LogP contribution in [0.15, 0.2) is 42.5 Å². The minimum Gasteiger partial charge on any atom is -0.497 e. The highest BCUT2D eigenvalue weighted by molar-refractivity contribution is 5.46. The lowest BCUT2D eigenvalue weighted by Gasteiger charge is -2.37. The van der Waals surface area contributed by atoms with Crippen molar-refractivity contribution >= 4 is 0 Å². The van der Waals surface area contributed by atoms with Crippen LogP contribution >= 0.6 is 0 Å². The molecular weight excluding hydrogens is 258 g/mol. The van der Waals surface area contributed by atoms with Gasteiger partial charge in [-0.3, -0.25) is 4.90 Å². The van der Waals surface area contributed by atoms with Crippen LogP contribution in [-0.2, 0) is 12.8 Å². The van der Waals surface area contributed by atoms with Crippen LogP contribution in [0.2, 0.25) is 0 Å². The van der Waals surface area contributed by atoms with Crippen LogP contribution in [0.25, 0.3) is 0 Å². The second-order valence-electron chi connectivity index (χ2n) is 6.06. The standard InChI is InChI=1S/C19H21NO/c1-21-16-8-9-18-15(13-16)10-12-20-11-4-6-14-5-2-3-7-17(14)19(18)20/h2-3,5,7-9,13,19H,4,6,10-12H2,1H3/t19-/m0/s1. The van der Waals surface area contributed by atoms with Crippen LogP contribution in [0.1, 0.15) is 34.7 Å². The Balaban J connectivity index is 1.86. The van der Waals surface area contributed by atoms with E-state index in [0.29, 0.717) is 6.04 Å². The number of nitrogens with zero attached hydrogens (tertiary/aromatic N) is 1. The van der Waals surface area contributed by atoms with Crippen molar-refractivity contribution in [2.45, 2.75) is 25.3 Å². The molecule has 0 aromatic heterocycles. The average molecular weight is 279 g/mol. The number of aryl methyl sites for hydroxylation is 1. The molecule has 0 saturated heterocycles. The first-order chi connectivity index (χ1) is 10.4. The van der Waals surface area contributed by atoms with E-state index in [-0.39, 0.29) is 0 Å². The minimum atomic E-state index is 0.429. The quantitative estimate of drug-likeness (QED) is 0.791. The van der Waals surface area contributed by atoms with Crippen molar-refractivity contribution in [2.24, 2.45) is 0 Å². The highest BCUT2D eigenvalue weighted by Gasteiger charge is 2.31. The van der Waals surface area contributed by atoms with E-state index >= 15 is 0 Å². The molecule has 0 radical (unpaired) electrons. The van der Waals surface area contributed by atoms with Crippen LogP contribution in [0.4, 0.5) is 0 Å². The molecule has 2 aromatic carbocycles. The molecule has 4 rings (SSSR count). The molecule has 0 aliphatic carbocycles. The topological polar surface area (TPSA) is 12.5 Å². The SMILES string of the molecule is COc1ccc2c(c1)CCN1CCCc3ccccc3[C@@H]21. The minimum absolute atomic E-state index is 0.429. The van der Waals surface area contributed by atoms with E-state index in [4.69, 9.17) is 4.74 Å². The molecule has 108 valence electrons. The highest BCUT2D eigenvalue weighted by Crippen LogP contribution is 2.39. The molecule has 0 N–H and O–H groups in total. The van der Waals surface area contributed by atoms with Gasteiger partial charge in [-0.15, -0.1) is 0 Å². The normalized spacial score (nSPS) is 20.9. The smallest absolute Gasteiger partial charge is 0.119 e. The van der Waals surface area contributed by atoms with Crippen LogP contribution in [0.5, 0.6) is 5.75 Å². The second-order valence-corrected chi connectivity index (χ2v) is 6.06. The van der Waals surface area contributed by atoms with Crippen LogP contribution < -0.4 is 4.74 Å². The fourth-order valence-electron chi connectivity index (χ4n) is 3.89. The van der Waals surface area contributed by atoms with Crippen LogP contribution in [0.3, 0.4) is 0 Å². The number of methoxy groups -OCH3 is 1. The van der Waals surface area contributed by atoms with Gasteiger partial charge in [-0.05, 0) is 60.2 Å². The summed E-state index contributed by atoms with van der Waals surface area (Å²) in [6, 6.07) is 16.0. The Morgan fingerprint density at radius 1 is 0.952 bits per heavy atom. The number of benzene rings is 2. The Morgan fingerprint density at radius 2 is 1.81 bits per heavy atom. The molecule has 2 aliphatic heterocycles. The fourth-order valence-corrected chi connectivity index (χ4v) is 3.89. The van der Waals surface area contributed by atoms with E-state index in [1.807, 2.05) is 0 Å². The summed E-state index contributed by atoms with van der Waals surface area (Å²) in [4.78, 5) is 2.65. The lowest BCUT2D eigenvalue weighted by atomic mass is 9.86. The van der Waals surface area contributed by atoms with Gasteiger partial charge in [0.05, 0.1) is 13.2 Å². The zero-order chi connectivity index (χ0) is 14.2. The summed E-state index contributed by atoms with van der Waals surface area (Å²) in [5.41, 5.74) is 5.94. The molecule has 2 aliphatic rings. The molecule has 0 unspecified atom stereocenters. The summed E-state index contributed by atoms with van der Waals surface area (Å²) >= 11 is 0.